The summed E-state index contributed by atoms with van der Waals surface area (Å²) in [6.07, 6.45) is -5.75. The summed E-state index contributed by atoms with van der Waals surface area (Å²) in [7, 11) is 0. The summed E-state index contributed by atoms with van der Waals surface area (Å²) < 4.78 is 35.7. The smallest absolute Gasteiger partial charge is 0.340 e. The van der Waals surface area contributed by atoms with Gasteiger partial charge in [0.2, 0.25) is 5.91 Å². The van der Waals surface area contributed by atoms with Gasteiger partial charge in [0.05, 0.1) is 0 Å². The van der Waals surface area contributed by atoms with Crippen LogP contribution in [0, 0.1) is 0 Å². The third-order valence-electron chi connectivity index (χ3n) is 2.07. The molecule has 15 heavy (non-hydrogen) atoms. The molecular weight excluding hydrogens is 233 g/mol. The minimum atomic E-state index is -4.40. The number of alkyl halides is 3. The molecular formula is C8H14ClF3N2O. The van der Waals surface area contributed by atoms with Gasteiger partial charge in [-0.15, -0.1) is 12.4 Å². The number of hydrogen-bond acceptors (Lipinski definition) is 2. The summed E-state index contributed by atoms with van der Waals surface area (Å²) in [4.78, 5) is 12.4. The molecule has 7 heteroatoms. The van der Waals surface area contributed by atoms with Crippen LogP contribution in [0.5, 0.6) is 0 Å². The van der Waals surface area contributed by atoms with Crippen molar-refractivity contribution in [2.75, 3.05) is 19.6 Å². The van der Waals surface area contributed by atoms with Crippen LogP contribution in [0.2, 0.25) is 0 Å². The molecule has 1 heterocycles. The predicted octanol–water partition coefficient (Wildman–Crippen LogP) is 1.18. The third-order valence-corrected chi connectivity index (χ3v) is 2.07. The van der Waals surface area contributed by atoms with Crippen molar-refractivity contribution in [1.29, 1.82) is 0 Å². The van der Waals surface area contributed by atoms with Crippen LogP contribution in [0.4, 0.5) is 13.2 Å². The molecule has 1 atom stereocenters. The van der Waals surface area contributed by atoms with Crippen LogP contribution in [0.25, 0.3) is 0 Å². The minimum Gasteiger partial charge on any atom is -0.340 e. The Morgan fingerprint density at radius 2 is 2.13 bits per heavy atom. The van der Waals surface area contributed by atoms with Gasteiger partial charge in [0.25, 0.3) is 0 Å². The largest absolute Gasteiger partial charge is 0.397 e. The zero-order valence-corrected chi connectivity index (χ0v) is 9.12. The van der Waals surface area contributed by atoms with Crippen LogP contribution < -0.4 is 5.32 Å². The number of piperazine rings is 1. The first-order valence-corrected chi connectivity index (χ1v) is 4.46. The number of nitrogens with one attached hydrogen (secondary N) is 1. The molecule has 1 saturated heterocycles. The van der Waals surface area contributed by atoms with Gasteiger partial charge < -0.3 is 10.2 Å². The lowest BCUT2D eigenvalue weighted by Crippen LogP contribution is -2.51. The van der Waals surface area contributed by atoms with E-state index in [2.05, 4.69) is 5.32 Å². The molecule has 1 aliphatic rings. The van der Waals surface area contributed by atoms with E-state index in [1.54, 1.807) is 0 Å². The molecule has 3 nitrogen and oxygen atoms in total. The molecule has 0 unspecified atom stereocenters. The third kappa shape index (κ3) is 5.22. The van der Waals surface area contributed by atoms with Crippen LogP contribution in [-0.2, 0) is 4.79 Å². The highest BCUT2D eigenvalue weighted by Gasteiger charge is 2.34. The van der Waals surface area contributed by atoms with Gasteiger partial charge in [-0.25, -0.2) is 0 Å². The van der Waals surface area contributed by atoms with Crippen molar-refractivity contribution in [2.45, 2.75) is 25.6 Å². The van der Waals surface area contributed by atoms with Gasteiger partial charge in [0.15, 0.2) is 0 Å². The predicted molar refractivity (Wildman–Crippen MR) is 52.0 cm³/mol. The lowest BCUT2D eigenvalue weighted by Gasteiger charge is -2.32. The van der Waals surface area contributed by atoms with Gasteiger partial charge in [0.1, 0.15) is 6.42 Å². The molecule has 1 N–H and O–H groups in total. The Kier molecular flexibility index (Phi) is 5.37. The highest BCUT2D eigenvalue weighted by Crippen LogP contribution is 2.20. The van der Waals surface area contributed by atoms with Gasteiger partial charge in [-0.3, -0.25) is 4.79 Å². The van der Waals surface area contributed by atoms with Crippen LogP contribution >= 0.6 is 12.4 Å². The lowest BCUT2D eigenvalue weighted by molar-refractivity contribution is -0.162. The molecule has 1 amide bonds. The van der Waals surface area contributed by atoms with Crippen molar-refractivity contribution in [3.8, 4) is 0 Å². The molecule has 0 aromatic carbocycles. The SMILES string of the molecule is C[C@H]1CN(C(=O)CC(F)(F)F)CCN1.Cl. The summed E-state index contributed by atoms with van der Waals surface area (Å²) >= 11 is 0. The van der Waals surface area contributed by atoms with E-state index in [1.807, 2.05) is 6.92 Å². The summed E-state index contributed by atoms with van der Waals surface area (Å²) in [6, 6.07) is 0.0703. The molecule has 0 aliphatic carbocycles. The maximum Gasteiger partial charge on any atom is 0.397 e. The van der Waals surface area contributed by atoms with Crippen LogP contribution in [0.15, 0.2) is 0 Å². The Hall–Kier alpha value is -0.490. The molecule has 0 radical (unpaired) electrons. The standard InChI is InChI=1S/C8H13F3N2O.ClH/c1-6-5-13(3-2-12-6)7(14)4-8(9,10)11;/h6,12H,2-5H2,1H3;1H/t6-;/m0./s1. The first-order valence-electron chi connectivity index (χ1n) is 4.46. The van der Waals surface area contributed by atoms with Crippen molar-refractivity contribution in [1.82, 2.24) is 10.2 Å². The quantitative estimate of drug-likeness (QED) is 0.754. The lowest BCUT2D eigenvalue weighted by atomic mass is 10.2. The number of nitrogens with zero attached hydrogens (tertiary/aromatic N) is 1. The van der Waals surface area contributed by atoms with Crippen molar-refractivity contribution in [2.24, 2.45) is 0 Å². The molecule has 0 aromatic rings. The highest BCUT2D eigenvalue weighted by atomic mass is 35.5. The van der Waals surface area contributed by atoms with Crippen LogP contribution in [0.3, 0.4) is 0 Å². The topological polar surface area (TPSA) is 32.3 Å². The summed E-state index contributed by atoms with van der Waals surface area (Å²) in [5.41, 5.74) is 0. The van der Waals surface area contributed by atoms with Crippen LogP contribution in [-0.4, -0.2) is 42.7 Å². The van der Waals surface area contributed by atoms with Gasteiger partial charge in [-0.05, 0) is 6.92 Å². The van der Waals surface area contributed by atoms with Gasteiger partial charge in [-0.2, -0.15) is 13.2 Å². The molecule has 0 saturated carbocycles. The summed E-state index contributed by atoms with van der Waals surface area (Å²) in [5.74, 6) is -0.828. The normalized spacial score (nSPS) is 22.1. The number of amides is 1. The fourth-order valence-corrected chi connectivity index (χ4v) is 1.44. The number of halogens is 4. The Labute approximate surface area is 92.4 Å². The highest BCUT2D eigenvalue weighted by molar-refractivity contribution is 5.85. The van der Waals surface area contributed by atoms with E-state index in [9.17, 15) is 18.0 Å². The van der Waals surface area contributed by atoms with Crippen molar-refractivity contribution in [3.63, 3.8) is 0 Å². The van der Waals surface area contributed by atoms with Crippen molar-refractivity contribution < 1.29 is 18.0 Å². The van der Waals surface area contributed by atoms with E-state index in [4.69, 9.17) is 0 Å². The van der Waals surface area contributed by atoms with E-state index in [0.717, 1.165) is 0 Å². The van der Waals surface area contributed by atoms with E-state index < -0.39 is 18.5 Å². The van der Waals surface area contributed by atoms with E-state index in [-0.39, 0.29) is 18.4 Å². The van der Waals surface area contributed by atoms with Crippen molar-refractivity contribution in [3.05, 3.63) is 0 Å². The number of rotatable bonds is 1. The second kappa shape index (κ2) is 5.55. The first kappa shape index (κ1) is 14.5. The minimum absolute atomic E-state index is 0. The monoisotopic (exact) mass is 246 g/mol. The maximum absolute atomic E-state index is 11.9. The average molecular weight is 247 g/mol. The zero-order chi connectivity index (χ0) is 10.8. The molecule has 0 aromatic heterocycles. The second-order valence-corrected chi connectivity index (χ2v) is 3.49. The van der Waals surface area contributed by atoms with Gasteiger partial charge in [-0.1, -0.05) is 0 Å². The fraction of sp³-hybridized carbons (Fsp3) is 0.875. The Morgan fingerprint density at radius 1 is 1.53 bits per heavy atom. The molecule has 1 rings (SSSR count). The van der Waals surface area contributed by atoms with E-state index >= 15 is 0 Å². The summed E-state index contributed by atoms with van der Waals surface area (Å²) in [6.45, 7) is 3.12. The molecule has 0 spiro atoms. The van der Waals surface area contributed by atoms with Crippen LogP contribution in [0.1, 0.15) is 13.3 Å². The number of carbonyl (C=O) groups is 1. The zero-order valence-electron chi connectivity index (χ0n) is 8.30. The fourth-order valence-electron chi connectivity index (χ4n) is 1.44. The van der Waals surface area contributed by atoms with E-state index in [1.165, 1.54) is 4.90 Å². The number of carbonyl (C=O) groups excluding carboxylic acids is 1. The second-order valence-electron chi connectivity index (χ2n) is 3.49. The van der Waals surface area contributed by atoms with Crippen molar-refractivity contribution >= 4 is 18.3 Å². The Bertz CT molecular complexity index is 222. The molecule has 1 aliphatic heterocycles. The van der Waals surface area contributed by atoms with Gasteiger partial charge >= 0.3 is 6.18 Å². The molecule has 90 valence electrons. The molecule has 1 fully saturated rings. The summed E-state index contributed by atoms with van der Waals surface area (Å²) in [5, 5.41) is 3.05. The van der Waals surface area contributed by atoms with E-state index in [0.29, 0.717) is 19.6 Å². The number of hydrogen-bond donors (Lipinski definition) is 1. The first-order chi connectivity index (χ1) is 6.38. The maximum atomic E-state index is 11.9. The Morgan fingerprint density at radius 3 is 2.60 bits per heavy atom. The Balaban J connectivity index is 0.00000196. The molecule has 0 bridgehead atoms. The van der Waals surface area contributed by atoms with Gasteiger partial charge in [0, 0.05) is 25.7 Å². The average Bonchev–Trinajstić information content (AvgIpc) is 2.01.